The Bertz CT molecular complexity index is 546. The van der Waals surface area contributed by atoms with Gasteiger partial charge in [0.05, 0.1) is 0 Å². The predicted molar refractivity (Wildman–Crippen MR) is 79.0 cm³/mol. The van der Waals surface area contributed by atoms with Crippen LogP contribution in [0, 0.1) is 0 Å². The summed E-state index contributed by atoms with van der Waals surface area (Å²) in [6, 6.07) is 15.9. The molecule has 0 atom stereocenters. The molecule has 0 spiro atoms. The fourth-order valence-electron chi connectivity index (χ4n) is 1.78. The fourth-order valence-corrected chi connectivity index (χ4v) is 1.91. The Balaban J connectivity index is 2.06. The quantitative estimate of drug-likeness (QED) is 0.895. The molecule has 0 bridgehead atoms. The zero-order chi connectivity index (χ0) is 13.7. The van der Waals surface area contributed by atoms with Gasteiger partial charge in [-0.05, 0) is 28.8 Å². The van der Waals surface area contributed by atoms with Gasteiger partial charge in [-0.1, -0.05) is 54.9 Å². The first-order valence-electron chi connectivity index (χ1n) is 6.30. The summed E-state index contributed by atoms with van der Waals surface area (Å²) in [5, 5.41) is 3.60. The number of carbonyl (C=O) groups is 1. The monoisotopic (exact) mass is 273 g/mol. The van der Waals surface area contributed by atoms with Gasteiger partial charge in [-0.15, -0.1) is 0 Å². The lowest BCUT2D eigenvalue weighted by atomic mass is 10.0. The van der Waals surface area contributed by atoms with Gasteiger partial charge in [0.1, 0.15) is 0 Å². The van der Waals surface area contributed by atoms with Crippen LogP contribution in [0.2, 0.25) is 5.02 Å². The van der Waals surface area contributed by atoms with Crippen LogP contribution in [0.25, 0.3) is 11.1 Å². The zero-order valence-electron chi connectivity index (χ0n) is 10.8. The van der Waals surface area contributed by atoms with Gasteiger partial charge >= 0.3 is 0 Å². The lowest BCUT2D eigenvalue weighted by molar-refractivity contribution is -0.120. The van der Waals surface area contributed by atoms with E-state index in [2.05, 4.69) is 17.4 Å². The van der Waals surface area contributed by atoms with Crippen molar-refractivity contribution in [3.05, 3.63) is 59.1 Å². The van der Waals surface area contributed by atoms with Crippen molar-refractivity contribution in [3.8, 4) is 11.1 Å². The van der Waals surface area contributed by atoms with Gasteiger partial charge in [-0.25, -0.2) is 0 Å². The first kappa shape index (κ1) is 13.6. The molecule has 0 aliphatic rings. The first-order valence-corrected chi connectivity index (χ1v) is 6.68. The minimum Gasteiger partial charge on any atom is -0.352 e. The van der Waals surface area contributed by atoms with Crippen LogP contribution in [0.15, 0.2) is 48.5 Å². The Morgan fingerprint density at radius 1 is 1.00 bits per heavy atom. The highest BCUT2D eigenvalue weighted by molar-refractivity contribution is 6.30. The molecule has 98 valence electrons. The lowest BCUT2D eigenvalue weighted by Crippen LogP contribution is -2.21. The summed E-state index contributed by atoms with van der Waals surface area (Å²) in [5.41, 5.74) is 3.37. The average molecular weight is 274 g/mol. The minimum absolute atomic E-state index is 0.0711. The van der Waals surface area contributed by atoms with E-state index in [0.29, 0.717) is 13.0 Å². The van der Waals surface area contributed by atoms with Gasteiger partial charge in [0, 0.05) is 18.0 Å². The fraction of sp³-hybridized carbons (Fsp3) is 0.188. The second-order valence-electron chi connectivity index (χ2n) is 4.33. The maximum Gasteiger partial charge on any atom is 0.219 e. The van der Waals surface area contributed by atoms with Crippen LogP contribution in [0.3, 0.4) is 0 Å². The van der Waals surface area contributed by atoms with Crippen molar-refractivity contribution in [1.29, 1.82) is 0 Å². The Kier molecular flexibility index (Phi) is 4.58. The summed E-state index contributed by atoms with van der Waals surface area (Å²) in [4.78, 5) is 11.2. The molecule has 0 aliphatic heterocycles. The molecule has 0 aliphatic carbocycles. The largest absolute Gasteiger partial charge is 0.352 e. The van der Waals surface area contributed by atoms with E-state index in [4.69, 9.17) is 11.6 Å². The van der Waals surface area contributed by atoms with Crippen LogP contribution in [-0.4, -0.2) is 5.91 Å². The highest BCUT2D eigenvalue weighted by Gasteiger charge is 2.00. The normalized spacial score (nSPS) is 10.2. The molecular formula is C16H16ClNO. The average Bonchev–Trinajstić information content (AvgIpc) is 2.46. The highest BCUT2D eigenvalue weighted by atomic mass is 35.5. The van der Waals surface area contributed by atoms with E-state index < -0.39 is 0 Å². The smallest absolute Gasteiger partial charge is 0.219 e. The number of rotatable bonds is 4. The van der Waals surface area contributed by atoms with Gasteiger partial charge in [-0.2, -0.15) is 0 Å². The molecule has 0 aromatic heterocycles. The molecule has 0 fully saturated rings. The van der Waals surface area contributed by atoms with Crippen molar-refractivity contribution in [2.75, 3.05) is 0 Å². The molecule has 2 aromatic rings. The van der Waals surface area contributed by atoms with E-state index in [-0.39, 0.29) is 5.91 Å². The molecule has 0 radical (unpaired) electrons. The van der Waals surface area contributed by atoms with Gasteiger partial charge in [0.15, 0.2) is 0 Å². The second-order valence-corrected chi connectivity index (χ2v) is 4.77. The Labute approximate surface area is 118 Å². The molecule has 0 unspecified atom stereocenters. The van der Waals surface area contributed by atoms with Crippen LogP contribution >= 0.6 is 11.6 Å². The molecular weight excluding hydrogens is 258 g/mol. The van der Waals surface area contributed by atoms with Crippen molar-refractivity contribution < 1.29 is 4.79 Å². The standard InChI is InChI=1S/C16H16ClNO/c1-2-16(19)18-11-12-3-5-13(6-4-12)14-7-9-15(17)10-8-14/h3-10H,2,11H2,1H3,(H,18,19). The van der Waals surface area contributed by atoms with Crippen LogP contribution < -0.4 is 5.32 Å². The van der Waals surface area contributed by atoms with E-state index in [1.165, 1.54) is 0 Å². The Hall–Kier alpha value is -1.80. The summed E-state index contributed by atoms with van der Waals surface area (Å²) in [6.07, 6.45) is 0.517. The molecule has 3 heteroatoms. The summed E-state index contributed by atoms with van der Waals surface area (Å²) >= 11 is 5.87. The lowest BCUT2D eigenvalue weighted by Gasteiger charge is -2.06. The van der Waals surface area contributed by atoms with E-state index in [9.17, 15) is 4.79 Å². The van der Waals surface area contributed by atoms with Gasteiger partial charge in [0.2, 0.25) is 5.91 Å². The molecule has 1 N–H and O–H groups in total. The summed E-state index contributed by atoms with van der Waals surface area (Å²) in [5.74, 6) is 0.0711. The van der Waals surface area contributed by atoms with E-state index in [0.717, 1.165) is 21.7 Å². The van der Waals surface area contributed by atoms with Gasteiger partial charge in [-0.3, -0.25) is 4.79 Å². The third kappa shape index (κ3) is 3.83. The topological polar surface area (TPSA) is 29.1 Å². The van der Waals surface area contributed by atoms with Crippen LogP contribution in [0.1, 0.15) is 18.9 Å². The Morgan fingerprint density at radius 3 is 2.05 bits per heavy atom. The predicted octanol–water partition coefficient (Wildman–Crippen LogP) is 4.03. The third-order valence-corrected chi connectivity index (χ3v) is 3.19. The number of halogens is 1. The molecule has 0 saturated carbocycles. The number of amides is 1. The number of hydrogen-bond donors (Lipinski definition) is 1. The molecule has 2 aromatic carbocycles. The third-order valence-electron chi connectivity index (χ3n) is 2.94. The van der Waals surface area contributed by atoms with Gasteiger partial charge < -0.3 is 5.32 Å². The zero-order valence-corrected chi connectivity index (χ0v) is 11.6. The minimum atomic E-state index is 0.0711. The van der Waals surface area contributed by atoms with Crippen molar-refractivity contribution in [2.24, 2.45) is 0 Å². The van der Waals surface area contributed by atoms with Gasteiger partial charge in [0.25, 0.3) is 0 Å². The molecule has 19 heavy (non-hydrogen) atoms. The molecule has 1 amide bonds. The SMILES string of the molecule is CCC(=O)NCc1ccc(-c2ccc(Cl)cc2)cc1. The van der Waals surface area contributed by atoms with E-state index in [1.807, 2.05) is 43.3 Å². The van der Waals surface area contributed by atoms with Crippen molar-refractivity contribution in [3.63, 3.8) is 0 Å². The van der Waals surface area contributed by atoms with Crippen molar-refractivity contribution in [1.82, 2.24) is 5.32 Å². The van der Waals surface area contributed by atoms with E-state index in [1.54, 1.807) is 0 Å². The highest BCUT2D eigenvalue weighted by Crippen LogP contribution is 2.21. The second kappa shape index (κ2) is 6.39. The molecule has 0 heterocycles. The maximum absolute atomic E-state index is 11.2. The number of carbonyl (C=O) groups excluding carboxylic acids is 1. The molecule has 0 saturated heterocycles. The van der Waals surface area contributed by atoms with Crippen molar-refractivity contribution >= 4 is 17.5 Å². The molecule has 2 rings (SSSR count). The van der Waals surface area contributed by atoms with Crippen LogP contribution in [0.5, 0.6) is 0 Å². The first-order chi connectivity index (χ1) is 9.19. The summed E-state index contributed by atoms with van der Waals surface area (Å²) in [7, 11) is 0. The van der Waals surface area contributed by atoms with Crippen LogP contribution in [0.4, 0.5) is 0 Å². The number of hydrogen-bond acceptors (Lipinski definition) is 1. The number of benzene rings is 2. The van der Waals surface area contributed by atoms with Crippen LogP contribution in [-0.2, 0) is 11.3 Å². The summed E-state index contributed by atoms with van der Waals surface area (Å²) < 4.78 is 0. The maximum atomic E-state index is 11.2. The van der Waals surface area contributed by atoms with Crippen molar-refractivity contribution in [2.45, 2.75) is 19.9 Å². The number of nitrogens with one attached hydrogen (secondary N) is 1. The molecule has 2 nitrogen and oxygen atoms in total. The van der Waals surface area contributed by atoms with E-state index >= 15 is 0 Å². The summed E-state index contributed by atoms with van der Waals surface area (Å²) in [6.45, 7) is 2.42. The Morgan fingerprint density at radius 2 is 1.53 bits per heavy atom.